The van der Waals surface area contributed by atoms with Crippen LogP contribution >= 0.6 is 11.3 Å². The van der Waals surface area contributed by atoms with Crippen molar-refractivity contribution in [2.45, 2.75) is 6.54 Å². The van der Waals surface area contributed by atoms with E-state index in [4.69, 9.17) is 0 Å². The van der Waals surface area contributed by atoms with E-state index < -0.39 is 0 Å². The Morgan fingerprint density at radius 1 is 1.03 bits per heavy atom. The number of benzene rings is 1. The van der Waals surface area contributed by atoms with Gasteiger partial charge in [-0.25, -0.2) is 9.67 Å². The van der Waals surface area contributed by atoms with Gasteiger partial charge >= 0.3 is 0 Å². The number of fused-ring (bicyclic) bond motifs is 1. The third-order valence-corrected chi connectivity index (χ3v) is 5.37. The van der Waals surface area contributed by atoms with Crippen LogP contribution in [0.15, 0.2) is 83.4 Å². The number of hydrogen-bond acceptors (Lipinski definition) is 6. The molecule has 0 radical (unpaired) electrons. The van der Waals surface area contributed by atoms with Crippen LogP contribution in [0.5, 0.6) is 0 Å². The van der Waals surface area contributed by atoms with E-state index in [9.17, 15) is 4.79 Å². The van der Waals surface area contributed by atoms with Crippen LogP contribution in [0.3, 0.4) is 0 Å². The summed E-state index contributed by atoms with van der Waals surface area (Å²) >= 11 is 1.62. The Kier molecular flexibility index (Phi) is 4.38. The highest BCUT2D eigenvalue weighted by atomic mass is 32.1. The second-order valence-electron chi connectivity index (χ2n) is 6.43. The molecule has 5 rings (SSSR count). The van der Waals surface area contributed by atoms with Crippen LogP contribution in [0.1, 0.15) is 4.88 Å². The Hall–Kier alpha value is -3.78. The van der Waals surface area contributed by atoms with Crippen molar-refractivity contribution in [3.8, 4) is 5.69 Å². The van der Waals surface area contributed by atoms with Gasteiger partial charge in [0.05, 0.1) is 12.2 Å². The number of anilines is 2. The van der Waals surface area contributed by atoms with E-state index in [1.165, 1.54) is 0 Å². The van der Waals surface area contributed by atoms with E-state index in [2.05, 4.69) is 20.4 Å². The molecule has 1 N–H and O–H groups in total. The zero-order valence-corrected chi connectivity index (χ0v) is 16.1. The summed E-state index contributed by atoms with van der Waals surface area (Å²) in [5.41, 5.74) is 2.34. The molecule has 1 aromatic carbocycles. The predicted molar refractivity (Wildman–Crippen MR) is 114 cm³/mol. The van der Waals surface area contributed by atoms with Crippen molar-refractivity contribution in [2.24, 2.45) is 0 Å². The molecule has 5 aromatic rings. The van der Waals surface area contributed by atoms with Crippen LogP contribution in [0.2, 0.25) is 0 Å². The predicted octanol–water partition coefficient (Wildman–Crippen LogP) is 3.83. The van der Waals surface area contributed by atoms with Gasteiger partial charge in [0.15, 0.2) is 0 Å². The van der Waals surface area contributed by atoms with E-state index in [0.29, 0.717) is 18.1 Å². The summed E-state index contributed by atoms with van der Waals surface area (Å²) in [4.78, 5) is 22.6. The first kappa shape index (κ1) is 17.3. The van der Waals surface area contributed by atoms with Gasteiger partial charge in [0.1, 0.15) is 5.65 Å². The van der Waals surface area contributed by atoms with Crippen LogP contribution in [-0.4, -0.2) is 24.3 Å². The first-order chi connectivity index (χ1) is 14.3. The largest absolute Gasteiger partial charge is 0.324 e. The molecule has 4 aromatic heterocycles. The lowest BCUT2D eigenvalue weighted by molar-refractivity contribution is 0.793. The van der Waals surface area contributed by atoms with Crippen molar-refractivity contribution >= 4 is 34.0 Å². The number of hydrogen-bond donors (Lipinski definition) is 1. The van der Waals surface area contributed by atoms with Crippen LogP contribution in [0.25, 0.3) is 16.7 Å². The van der Waals surface area contributed by atoms with Crippen molar-refractivity contribution in [3.05, 3.63) is 93.8 Å². The van der Waals surface area contributed by atoms with Crippen LogP contribution < -0.4 is 10.9 Å². The molecular weight excluding hydrogens is 384 g/mol. The average Bonchev–Trinajstić information content (AvgIpc) is 3.45. The highest BCUT2D eigenvalue weighted by Crippen LogP contribution is 2.19. The van der Waals surface area contributed by atoms with E-state index in [-0.39, 0.29) is 5.56 Å². The van der Waals surface area contributed by atoms with Crippen molar-refractivity contribution in [1.82, 2.24) is 24.3 Å². The summed E-state index contributed by atoms with van der Waals surface area (Å²) in [5.74, 6) is 0.440. The molecule has 0 spiro atoms. The zero-order valence-electron chi connectivity index (χ0n) is 15.3. The monoisotopic (exact) mass is 400 g/mol. The highest BCUT2D eigenvalue weighted by Gasteiger charge is 2.09. The van der Waals surface area contributed by atoms with Crippen molar-refractivity contribution in [3.63, 3.8) is 0 Å². The Bertz CT molecular complexity index is 1310. The number of rotatable bonds is 5. The van der Waals surface area contributed by atoms with Crippen molar-refractivity contribution in [2.75, 3.05) is 5.32 Å². The maximum absolute atomic E-state index is 12.5. The Labute approximate surface area is 169 Å². The van der Waals surface area contributed by atoms with Crippen molar-refractivity contribution < 1.29 is 0 Å². The molecule has 7 nitrogen and oxygen atoms in total. The minimum absolute atomic E-state index is 0.0841. The molecule has 8 heteroatoms. The quantitative estimate of drug-likeness (QED) is 0.485. The Morgan fingerprint density at radius 2 is 1.93 bits per heavy atom. The summed E-state index contributed by atoms with van der Waals surface area (Å²) < 4.78 is 3.47. The molecule has 0 bridgehead atoms. The third kappa shape index (κ3) is 3.53. The molecule has 0 aliphatic heterocycles. The fourth-order valence-electron chi connectivity index (χ4n) is 3.09. The second-order valence-corrected chi connectivity index (χ2v) is 7.46. The second kappa shape index (κ2) is 7.33. The highest BCUT2D eigenvalue weighted by molar-refractivity contribution is 7.09. The SMILES string of the molecule is O=c1ccc2cnc(Nc3ccc(-n4cccn4)cc3)nc2n1Cc1cccs1. The lowest BCUT2D eigenvalue weighted by Gasteiger charge is -2.10. The number of aromatic nitrogens is 5. The molecule has 0 aliphatic rings. The molecule has 29 heavy (non-hydrogen) atoms. The van der Waals surface area contributed by atoms with E-state index in [0.717, 1.165) is 21.6 Å². The first-order valence-electron chi connectivity index (χ1n) is 9.02. The van der Waals surface area contributed by atoms with Gasteiger partial charge in [0.25, 0.3) is 5.56 Å². The minimum atomic E-state index is -0.0841. The van der Waals surface area contributed by atoms with Gasteiger partial charge in [0, 0.05) is 40.6 Å². The van der Waals surface area contributed by atoms with E-state index in [1.54, 1.807) is 45.1 Å². The Morgan fingerprint density at radius 3 is 2.69 bits per heavy atom. The number of thiophene rings is 1. The lowest BCUT2D eigenvalue weighted by Crippen LogP contribution is -2.20. The van der Waals surface area contributed by atoms with Gasteiger partial charge in [-0.3, -0.25) is 9.36 Å². The number of nitrogens with one attached hydrogen (secondary N) is 1. The zero-order chi connectivity index (χ0) is 19.6. The van der Waals surface area contributed by atoms with Gasteiger partial charge in [-0.15, -0.1) is 11.3 Å². The normalized spacial score (nSPS) is 11.0. The van der Waals surface area contributed by atoms with Crippen molar-refractivity contribution in [1.29, 1.82) is 0 Å². The fraction of sp³-hybridized carbons (Fsp3) is 0.0476. The van der Waals surface area contributed by atoms with E-state index >= 15 is 0 Å². The summed E-state index contributed by atoms with van der Waals surface area (Å²) in [6.07, 6.45) is 5.36. The van der Waals surface area contributed by atoms with Gasteiger partial charge < -0.3 is 5.32 Å². The first-order valence-corrected chi connectivity index (χ1v) is 9.90. The molecular formula is C21H16N6OS. The maximum atomic E-state index is 12.5. The summed E-state index contributed by atoms with van der Waals surface area (Å²) in [7, 11) is 0. The topological polar surface area (TPSA) is 77.6 Å². The number of pyridine rings is 1. The molecule has 0 atom stereocenters. The Balaban J connectivity index is 1.47. The molecule has 0 saturated heterocycles. The fourth-order valence-corrected chi connectivity index (χ4v) is 3.78. The number of nitrogens with zero attached hydrogens (tertiary/aromatic N) is 5. The standard InChI is InChI=1S/C21H16N6OS/c28-19-9-4-15-13-22-21(25-20(15)26(19)14-18-3-1-12-29-18)24-16-5-7-17(8-6-16)27-11-2-10-23-27/h1-13H,14H2,(H,22,24,25). The molecule has 142 valence electrons. The average molecular weight is 400 g/mol. The molecule has 0 amide bonds. The van der Waals surface area contributed by atoms with Gasteiger partial charge in [0.2, 0.25) is 5.95 Å². The van der Waals surface area contributed by atoms with Gasteiger partial charge in [-0.05, 0) is 47.8 Å². The maximum Gasteiger partial charge on any atom is 0.252 e. The summed E-state index contributed by atoms with van der Waals surface area (Å²) in [6.45, 7) is 0.489. The van der Waals surface area contributed by atoms with Crippen LogP contribution in [0, 0.1) is 0 Å². The third-order valence-electron chi connectivity index (χ3n) is 4.51. The van der Waals surface area contributed by atoms with Crippen LogP contribution in [-0.2, 0) is 6.54 Å². The molecule has 4 heterocycles. The summed E-state index contributed by atoms with van der Waals surface area (Å²) in [6, 6.07) is 17.0. The molecule has 0 fully saturated rings. The minimum Gasteiger partial charge on any atom is -0.324 e. The lowest BCUT2D eigenvalue weighted by atomic mass is 10.3. The molecule has 0 unspecified atom stereocenters. The molecule has 0 aliphatic carbocycles. The summed E-state index contributed by atoms with van der Waals surface area (Å²) in [5, 5.41) is 10.3. The van der Waals surface area contributed by atoms with Gasteiger partial charge in [-0.2, -0.15) is 10.1 Å². The molecule has 0 saturated carbocycles. The smallest absolute Gasteiger partial charge is 0.252 e. The van der Waals surface area contributed by atoms with Crippen LogP contribution in [0.4, 0.5) is 11.6 Å². The van der Waals surface area contributed by atoms with E-state index in [1.807, 2.05) is 54.0 Å². The van der Waals surface area contributed by atoms with Gasteiger partial charge in [-0.1, -0.05) is 6.07 Å².